The monoisotopic (exact) mass is 293 g/mol. The number of hydrogen-bond donors (Lipinski definition) is 1. The number of rotatable bonds is 8. The Morgan fingerprint density at radius 1 is 1.24 bits per heavy atom. The predicted octanol–water partition coefficient (Wildman–Crippen LogP) is 1.62. The van der Waals surface area contributed by atoms with Crippen LogP contribution >= 0.6 is 0 Å². The Balaban J connectivity index is 2.80. The van der Waals surface area contributed by atoms with Crippen molar-refractivity contribution >= 4 is 11.6 Å². The Labute approximate surface area is 127 Å². The summed E-state index contributed by atoms with van der Waals surface area (Å²) in [6.07, 6.45) is 0.934. The zero-order valence-corrected chi connectivity index (χ0v) is 13.6. The minimum Gasteiger partial charge on any atom is -0.398 e. The first-order valence-corrected chi connectivity index (χ1v) is 7.25. The Hall–Kier alpha value is -1.59. The van der Waals surface area contributed by atoms with Crippen molar-refractivity contribution in [3.8, 4) is 0 Å². The molecule has 1 rings (SSSR count). The Morgan fingerprint density at radius 3 is 2.57 bits per heavy atom. The van der Waals surface area contributed by atoms with Crippen molar-refractivity contribution in [2.24, 2.45) is 0 Å². The third-order valence-corrected chi connectivity index (χ3v) is 3.49. The predicted molar refractivity (Wildman–Crippen MR) is 86.5 cm³/mol. The van der Waals surface area contributed by atoms with Crippen LogP contribution in [-0.4, -0.2) is 63.2 Å². The van der Waals surface area contributed by atoms with Gasteiger partial charge in [-0.15, -0.1) is 0 Å². The fraction of sp³-hybridized carbons (Fsp3) is 0.562. The number of carbonyl (C=O) groups is 1. The number of hydrogen-bond acceptors (Lipinski definition) is 4. The number of nitrogens with zero attached hydrogens (tertiary/aromatic N) is 2. The number of nitrogen functional groups attached to an aromatic ring is 1. The van der Waals surface area contributed by atoms with E-state index in [9.17, 15) is 4.79 Å². The normalized spacial score (nSPS) is 10.9. The zero-order chi connectivity index (χ0) is 15.8. The molecule has 0 aliphatic rings. The number of anilines is 1. The van der Waals surface area contributed by atoms with Crippen molar-refractivity contribution in [1.82, 2.24) is 9.80 Å². The van der Waals surface area contributed by atoms with Crippen molar-refractivity contribution in [3.05, 3.63) is 29.3 Å². The van der Waals surface area contributed by atoms with Crippen LogP contribution in [0, 0.1) is 6.92 Å². The summed E-state index contributed by atoms with van der Waals surface area (Å²) in [4.78, 5) is 16.7. The van der Waals surface area contributed by atoms with E-state index in [4.69, 9.17) is 10.5 Å². The maximum atomic E-state index is 12.7. The molecule has 0 saturated carbocycles. The van der Waals surface area contributed by atoms with Crippen LogP contribution in [0.5, 0.6) is 0 Å². The van der Waals surface area contributed by atoms with Crippen molar-refractivity contribution in [2.75, 3.05) is 53.2 Å². The fourth-order valence-corrected chi connectivity index (χ4v) is 2.15. The quantitative estimate of drug-likeness (QED) is 0.740. The lowest BCUT2D eigenvalue weighted by Crippen LogP contribution is -2.36. The number of ether oxygens (including phenoxy) is 1. The van der Waals surface area contributed by atoms with Crippen LogP contribution in [0.3, 0.4) is 0 Å². The van der Waals surface area contributed by atoms with Gasteiger partial charge in [-0.2, -0.15) is 0 Å². The molecule has 1 aromatic carbocycles. The van der Waals surface area contributed by atoms with Crippen LogP contribution in [0.15, 0.2) is 18.2 Å². The van der Waals surface area contributed by atoms with Gasteiger partial charge < -0.3 is 20.3 Å². The van der Waals surface area contributed by atoms with Crippen molar-refractivity contribution in [1.29, 1.82) is 0 Å². The van der Waals surface area contributed by atoms with Crippen molar-refractivity contribution in [3.63, 3.8) is 0 Å². The molecule has 0 aliphatic carbocycles. The highest BCUT2D eigenvalue weighted by atomic mass is 16.5. The van der Waals surface area contributed by atoms with E-state index < -0.39 is 0 Å². The van der Waals surface area contributed by atoms with Gasteiger partial charge >= 0.3 is 0 Å². The lowest BCUT2D eigenvalue weighted by atomic mass is 10.1. The average molecular weight is 293 g/mol. The molecule has 0 aromatic heterocycles. The van der Waals surface area contributed by atoms with Crippen LogP contribution in [0.2, 0.25) is 0 Å². The van der Waals surface area contributed by atoms with E-state index in [0.717, 1.165) is 18.5 Å². The Morgan fingerprint density at radius 2 is 1.95 bits per heavy atom. The second kappa shape index (κ2) is 8.64. The highest BCUT2D eigenvalue weighted by Gasteiger charge is 2.18. The molecule has 0 bridgehead atoms. The summed E-state index contributed by atoms with van der Waals surface area (Å²) in [5, 5.41) is 0. The first kappa shape index (κ1) is 17.5. The lowest BCUT2D eigenvalue weighted by Gasteiger charge is -2.24. The van der Waals surface area contributed by atoms with Gasteiger partial charge in [-0.25, -0.2) is 0 Å². The summed E-state index contributed by atoms with van der Waals surface area (Å²) >= 11 is 0. The molecule has 0 heterocycles. The first-order chi connectivity index (χ1) is 9.97. The first-order valence-electron chi connectivity index (χ1n) is 7.25. The van der Waals surface area contributed by atoms with Gasteiger partial charge in [0.15, 0.2) is 0 Å². The van der Waals surface area contributed by atoms with E-state index in [1.54, 1.807) is 7.11 Å². The molecular formula is C16H27N3O2. The number of carbonyl (C=O) groups excluding carboxylic acids is 1. The van der Waals surface area contributed by atoms with Gasteiger partial charge in [-0.05, 0) is 51.7 Å². The van der Waals surface area contributed by atoms with Gasteiger partial charge in [0.1, 0.15) is 0 Å². The van der Waals surface area contributed by atoms with E-state index in [0.29, 0.717) is 30.9 Å². The minimum atomic E-state index is 0.0237. The number of amides is 1. The summed E-state index contributed by atoms with van der Waals surface area (Å²) in [5.74, 6) is 0.0237. The largest absolute Gasteiger partial charge is 0.398 e. The molecule has 5 heteroatoms. The number of nitrogens with two attached hydrogens (primary N) is 1. The highest BCUT2D eigenvalue weighted by molar-refractivity contribution is 5.96. The van der Waals surface area contributed by atoms with E-state index in [1.165, 1.54) is 0 Å². The zero-order valence-electron chi connectivity index (χ0n) is 13.6. The molecule has 0 spiro atoms. The SMILES string of the molecule is COCCN(CCCN(C)C)C(=O)c1cccc(N)c1C. The fourth-order valence-electron chi connectivity index (χ4n) is 2.15. The van der Waals surface area contributed by atoms with Gasteiger partial charge in [0.2, 0.25) is 0 Å². The van der Waals surface area contributed by atoms with E-state index >= 15 is 0 Å². The molecule has 1 aromatic rings. The average Bonchev–Trinajstić information content (AvgIpc) is 2.44. The van der Waals surface area contributed by atoms with Crippen molar-refractivity contribution < 1.29 is 9.53 Å². The third-order valence-electron chi connectivity index (χ3n) is 3.49. The molecular weight excluding hydrogens is 266 g/mol. The van der Waals surface area contributed by atoms with Gasteiger partial charge in [-0.1, -0.05) is 6.07 Å². The molecule has 0 unspecified atom stereocenters. The second-order valence-electron chi connectivity index (χ2n) is 5.46. The molecule has 0 saturated heterocycles. The highest BCUT2D eigenvalue weighted by Crippen LogP contribution is 2.17. The molecule has 118 valence electrons. The maximum Gasteiger partial charge on any atom is 0.254 e. The molecule has 0 atom stereocenters. The maximum absolute atomic E-state index is 12.7. The van der Waals surface area contributed by atoms with Crippen LogP contribution in [0.4, 0.5) is 5.69 Å². The summed E-state index contributed by atoms with van der Waals surface area (Å²) in [5.41, 5.74) is 8.07. The van der Waals surface area contributed by atoms with Crippen LogP contribution in [0.25, 0.3) is 0 Å². The summed E-state index contributed by atoms with van der Waals surface area (Å²) < 4.78 is 5.11. The molecule has 1 amide bonds. The standard InChI is InChI=1S/C16H27N3O2/c1-13-14(7-5-8-15(13)17)16(20)19(11-12-21-4)10-6-9-18(2)3/h5,7-8H,6,9-12,17H2,1-4H3. The minimum absolute atomic E-state index is 0.0237. The molecule has 0 radical (unpaired) electrons. The Bertz CT molecular complexity index is 461. The van der Waals surface area contributed by atoms with Crippen LogP contribution in [0.1, 0.15) is 22.3 Å². The molecule has 0 aliphatic heterocycles. The van der Waals surface area contributed by atoms with Crippen molar-refractivity contribution in [2.45, 2.75) is 13.3 Å². The van der Waals surface area contributed by atoms with Gasteiger partial charge in [0, 0.05) is 31.5 Å². The van der Waals surface area contributed by atoms with E-state index in [1.807, 2.05) is 44.1 Å². The van der Waals surface area contributed by atoms with E-state index in [2.05, 4.69) is 4.90 Å². The second-order valence-corrected chi connectivity index (χ2v) is 5.46. The topological polar surface area (TPSA) is 58.8 Å². The number of methoxy groups -OCH3 is 1. The molecule has 2 N–H and O–H groups in total. The molecule has 21 heavy (non-hydrogen) atoms. The summed E-state index contributed by atoms with van der Waals surface area (Å²) in [6.45, 7) is 4.68. The summed E-state index contributed by atoms with van der Waals surface area (Å²) in [7, 11) is 5.71. The van der Waals surface area contributed by atoms with Gasteiger partial charge in [-0.3, -0.25) is 4.79 Å². The van der Waals surface area contributed by atoms with E-state index in [-0.39, 0.29) is 5.91 Å². The lowest BCUT2D eigenvalue weighted by molar-refractivity contribution is 0.0688. The van der Waals surface area contributed by atoms with Crippen LogP contribution in [-0.2, 0) is 4.74 Å². The Kier molecular flexibility index (Phi) is 7.19. The summed E-state index contributed by atoms with van der Waals surface area (Å²) in [6, 6.07) is 5.47. The third kappa shape index (κ3) is 5.36. The van der Waals surface area contributed by atoms with Crippen LogP contribution < -0.4 is 5.73 Å². The molecule has 5 nitrogen and oxygen atoms in total. The smallest absolute Gasteiger partial charge is 0.254 e. The van der Waals surface area contributed by atoms with Gasteiger partial charge in [0.25, 0.3) is 5.91 Å². The molecule has 0 fully saturated rings. The number of benzene rings is 1. The van der Waals surface area contributed by atoms with Gasteiger partial charge in [0.05, 0.1) is 6.61 Å².